The predicted octanol–water partition coefficient (Wildman–Crippen LogP) is 4.04. The number of hydrogen-bond acceptors (Lipinski definition) is 1. The third-order valence-corrected chi connectivity index (χ3v) is 3.37. The predicted molar refractivity (Wildman–Crippen MR) is 76.3 cm³/mol. The minimum Gasteiger partial charge on any atom is -0.307 e. The molecule has 0 radical (unpaired) electrons. The van der Waals surface area contributed by atoms with E-state index in [0.29, 0.717) is 0 Å². The van der Waals surface area contributed by atoms with Crippen molar-refractivity contribution in [1.29, 1.82) is 0 Å². The first-order chi connectivity index (χ1) is 8.26. The first kappa shape index (κ1) is 14.0. The van der Waals surface area contributed by atoms with Crippen LogP contribution in [0.3, 0.4) is 0 Å². The van der Waals surface area contributed by atoms with E-state index in [2.05, 4.69) is 43.1 Å². The summed E-state index contributed by atoms with van der Waals surface area (Å²) >= 11 is 0. The van der Waals surface area contributed by atoms with E-state index in [1.54, 1.807) is 0 Å². The first-order valence-corrected chi connectivity index (χ1v) is 6.70. The second-order valence-electron chi connectivity index (χ2n) is 4.49. The molecule has 1 atom stereocenters. The lowest BCUT2D eigenvalue weighted by Gasteiger charge is -2.27. The molecular formula is C16H25N. The van der Waals surface area contributed by atoms with Crippen LogP contribution >= 0.6 is 0 Å². The van der Waals surface area contributed by atoms with Gasteiger partial charge in [0, 0.05) is 5.54 Å². The van der Waals surface area contributed by atoms with Crippen molar-refractivity contribution in [3.05, 3.63) is 48.0 Å². The van der Waals surface area contributed by atoms with E-state index in [1.165, 1.54) is 24.0 Å². The van der Waals surface area contributed by atoms with Crippen LogP contribution in [0, 0.1) is 0 Å². The largest absolute Gasteiger partial charge is 0.307 e. The summed E-state index contributed by atoms with van der Waals surface area (Å²) < 4.78 is 0. The number of rotatable bonds is 4. The van der Waals surface area contributed by atoms with E-state index < -0.39 is 0 Å². The molecule has 0 fully saturated rings. The molecule has 0 heterocycles. The van der Waals surface area contributed by atoms with Crippen LogP contribution in [0.4, 0.5) is 0 Å². The van der Waals surface area contributed by atoms with Gasteiger partial charge in [-0.25, -0.2) is 0 Å². The lowest BCUT2D eigenvalue weighted by Crippen LogP contribution is -2.37. The minimum atomic E-state index is 0.180. The molecule has 0 amide bonds. The van der Waals surface area contributed by atoms with E-state index >= 15 is 0 Å². The molecule has 1 N–H and O–H groups in total. The van der Waals surface area contributed by atoms with E-state index in [-0.39, 0.29) is 5.54 Å². The van der Waals surface area contributed by atoms with Crippen molar-refractivity contribution < 1.29 is 0 Å². The van der Waals surface area contributed by atoms with Gasteiger partial charge in [-0.15, -0.1) is 6.58 Å². The zero-order valence-corrected chi connectivity index (χ0v) is 11.4. The van der Waals surface area contributed by atoms with Crippen LogP contribution in [0.15, 0.2) is 36.9 Å². The Morgan fingerprint density at radius 2 is 2.06 bits per heavy atom. The van der Waals surface area contributed by atoms with E-state index in [4.69, 9.17) is 0 Å². The van der Waals surface area contributed by atoms with Crippen molar-refractivity contribution in [2.45, 2.75) is 45.6 Å². The summed E-state index contributed by atoms with van der Waals surface area (Å²) in [5.74, 6) is 0. The van der Waals surface area contributed by atoms with E-state index in [1.807, 2.05) is 19.9 Å². The zero-order valence-electron chi connectivity index (χ0n) is 11.4. The molecule has 17 heavy (non-hydrogen) atoms. The van der Waals surface area contributed by atoms with Gasteiger partial charge in [0.25, 0.3) is 0 Å². The molecule has 2 rings (SSSR count). The summed E-state index contributed by atoms with van der Waals surface area (Å²) in [5.41, 5.74) is 3.17. The number of hydrogen-bond donors (Lipinski definition) is 1. The Morgan fingerprint density at radius 1 is 1.35 bits per heavy atom. The van der Waals surface area contributed by atoms with Crippen molar-refractivity contribution in [3.63, 3.8) is 0 Å². The Balaban J connectivity index is 0.000000686. The summed E-state index contributed by atoms with van der Waals surface area (Å²) in [6.45, 7) is 11.1. The minimum absolute atomic E-state index is 0.180. The van der Waals surface area contributed by atoms with Crippen molar-refractivity contribution in [3.8, 4) is 0 Å². The average molecular weight is 231 g/mol. The molecule has 0 bridgehead atoms. The van der Waals surface area contributed by atoms with Crippen LogP contribution in [-0.2, 0) is 12.0 Å². The summed E-state index contributed by atoms with van der Waals surface area (Å²) in [6, 6.07) is 8.77. The van der Waals surface area contributed by atoms with E-state index in [9.17, 15) is 0 Å². The van der Waals surface area contributed by atoms with Gasteiger partial charge in [-0.2, -0.15) is 0 Å². The molecule has 1 heteroatoms. The standard InChI is InChI=1S/C14H19N.C2H6/c1-3-4-11-15-14(2)10-9-12-7-5-6-8-13(12)14;1-2/h3,5-8,15H,1,4,9-11H2,2H3;1-2H3. The molecule has 0 saturated heterocycles. The number of fused-ring (bicyclic) bond motifs is 1. The summed E-state index contributed by atoms with van der Waals surface area (Å²) in [6.07, 6.45) is 5.42. The molecule has 0 saturated carbocycles. The van der Waals surface area contributed by atoms with Gasteiger partial charge in [0.05, 0.1) is 0 Å². The molecule has 1 aliphatic carbocycles. The Labute approximate surface area is 106 Å². The maximum Gasteiger partial charge on any atom is 0.0412 e. The quantitative estimate of drug-likeness (QED) is 0.609. The van der Waals surface area contributed by atoms with Gasteiger partial charge in [-0.05, 0) is 43.9 Å². The third-order valence-electron chi connectivity index (χ3n) is 3.37. The second-order valence-corrected chi connectivity index (χ2v) is 4.49. The molecule has 0 spiro atoms. The fourth-order valence-electron chi connectivity index (χ4n) is 2.43. The van der Waals surface area contributed by atoms with Gasteiger partial charge in [-0.1, -0.05) is 44.2 Å². The van der Waals surface area contributed by atoms with Crippen LogP contribution in [0.25, 0.3) is 0 Å². The van der Waals surface area contributed by atoms with Crippen LogP contribution in [-0.4, -0.2) is 6.54 Å². The van der Waals surface area contributed by atoms with Gasteiger partial charge < -0.3 is 5.32 Å². The topological polar surface area (TPSA) is 12.0 Å². The smallest absolute Gasteiger partial charge is 0.0412 e. The Morgan fingerprint density at radius 3 is 2.76 bits per heavy atom. The highest BCUT2D eigenvalue weighted by Gasteiger charge is 2.32. The number of nitrogens with one attached hydrogen (secondary N) is 1. The van der Waals surface area contributed by atoms with Crippen LogP contribution in [0.1, 0.15) is 44.7 Å². The molecule has 1 aromatic rings. The highest BCUT2D eigenvalue weighted by atomic mass is 15.0. The molecule has 94 valence electrons. The molecule has 0 aliphatic heterocycles. The molecule has 1 nitrogen and oxygen atoms in total. The molecular weight excluding hydrogens is 206 g/mol. The Kier molecular flexibility index (Phi) is 5.43. The Hall–Kier alpha value is -1.08. The second kappa shape index (κ2) is 6.61. The fraction of sp³-hybridized carbons (Fsp3) is 0.500. The van der Waals surface area contributed by atoms with Gasteiger partial charge >= 0.3 is 0 Å². The van der Waals surface area contributed by atoms with Gasteiger partial charge in [0.15, 0.2) is 0 Å². The highest BCUT2D eigenvalue weighted by Crippen LogP contribution is 2.36. The van der Waals surface area contributed by atoms with Gasteiger partial charge in [0.1, 0.15) is 0 Å². The molecule has 0 aromatic heterocycles. The molecule has 1 unspecified atom stereocenters. The lowest BCUT2D eigenvalue weighted by molar-refractivity contribution is 0.369. The number of aryl methyl sites for hydroxylation is 1. The maximum atomic E-state index is 3.75. The summed E-state index contributed by atoms with van der Waals surface area (Å²) in [5, 5.41) is 3.64. The van der Waals surface area contributed by atoms with Crippen molar-refractivity contribution >= 4 is 0 Å². The van der Waals surface area contributed by atoms with E-state index in [0.717, 1.165) is 13.0 Å². The van der Waals surface area contributed by atoms with Crippen molar-refractivity contribution in [1.82, 2.24) is 5.32 Å². The van der Waals surface area contributed by atoms with Crippen molar-refractivity contribution in [2.75, 3.05) is 6.54 Å². The SMILES string of the molecule is C=CCCNC1(C)CCc2ccccc21.CC. The number of benzene rings is 1. The third kappa shape index (κ3) is 3.19. The lowest BCUT2D eigenvalue weighted by atomic mass is 9.94. The zero-order chi connectivity index (χ0) is 12.7. The Bertz CT molecular complexity index is 356. The molecule has 1 aromatic carbocycles. The van der Waals surface area contributed by atoms with Crippen LogP contribution in [0.2, 0.25) is 0 Å². The van der Waals surface area contributed by atoms with Gasteiger partial charge in [0.2, 0.25) is 0 Å². The highest BCUT2D eigenvalue weighted by molar-refractivity contribution is 5.37. The van der Waals surface area contributed by atoms with Gasteiger partial charge in [-0.3, -0.25) is 0 Å². The van der Waals surface area contributed by atoms with Crippen molar-refractivity contribution in [2.24, 2.45) is 0 Å². The monoisotopic (exact) mass is 231 g/mol. The summed E-state index contributed by atoms with van der Waals surface area (Å²) in [4.78, 5) is 0. The maximum absolute atomic E-state index is 3.75. The van der Waals surface area contributed by atoms with Crippen LogP contribution < -0.4 is 5.32 Å². The average Bonchev–Trinajstić information content (AvgIpc) is 2.71. The summed E-state index contributed by atoms with van der Waals surface area (Å²) in [7, 11) is 0. The normalized spacial score (nSPS) is 21.4. The molecule has 1 aliphatic rings. The fourth-order valence-corrected chi connectivity index (χ4v) is 2.43. The van der Waals surface area contributed by atoms with Crippen LogP contribution in [0.5, 0.6) is 0 Å². The first-order valence-electron chi connectivity index (χ1n) is 6.70.